The van der Waals surface area contributed by atoms with Gasteiger partial charge in [0.15, 0.2) is 6.61 Å². The van der Waals surface area contributed by atoms with E-state index in [0.717, 1.165) is 19.3 Å². The van der Waals surface area contributed by atoms with Crippen LogP contribution in [-0.4, -0.2) is 44.2 Å². The molecular formula is C21H25N3O5S. The molecule has 0 aliphatic carbocycles. The van der Waals surface area contributed by atoms with Gasteiger partial charge in [0, 0.05) is 24.3 Å². The van der Waals surface area contributed by atoms with Crippen LogP contribution in [0.3, 0.4) is 0 Å². The topological polar surface area (TPSA) is 119 Å². The maximum atomic E-state index is 12.8. The molecule has 8 nitrogen and oxygen atoms in total. The second-order valence-corrected chi connectivity index (χ2v) is 9.11. The Morgan fingerprint density at radius 1 is 1.07 bits per heavy atom. The molecule has 1 aliphatic rings. The number of rotatable bonds is 7. The largest absolute Gasteiger partial charge is 0.483 e. The van der Waals surface area contributed by atoms with Crippen molar-refractivity contribution in [1.29, 1.82) is 0 Å². The Hall–Kier alpha value is -2.91. The SMILES string of the molecule is Cc1cc(S(=O)(=O)N2CCCCC2)ccc1OCC(=O)Nc1ccc(C(N)=O)cc1. The summed E-state index contributed by atoms with van der Waals surface area (Å²) in [6.07, 6.45) is 2.80. The van der Waals surface area contributed by atoms with Gasteiger partial charge in [-0.15, -0.1) is 0 Å². The quantitative estimate of drug-likeness (QED) is 0.697. The fourth-order valence-electron chi connectivity index (χ4n) is 3.26. The molecule has 9 heteroatoms. The molecule has 0 aromatic heterocycles. The lowest BCUT2D eigenvalue weighted by molar-refractivity contribution is -0.118. The standard InChI is InChI=1S/C21H25N3O5S/c1-15-13-18(30(27,28)24-11-3-2-4-12-24)9-10-19(15)29-14-20(25)23-17-7-5-16(6-8-17)21(22)26/h5-10,13H,2-4,11-12,14H2,1H3,(H2,22,26)(H,23,25). The predicted molar refractivity (Wildman–Crippen MR) is 113 cm³/mol. The number of carbonyl (C=O) groups excluding carboxylic acids is 2. The highest BCUT2D eigenvalue weighted by atomic mass is 32.2. The molecule has 3 rings (SSSR count). The molecular weight excluding hydrogens is 406 g/mol. The van der Waals surface area contributed by atoms with Crippen LogP contribution >= 0.6 is 0 Å². The molecule has 160 valence electrons. The van der Waals surface area contributed by atoms with Gasteiger partial charge in [-0.2, -0.15) is 4.31 Å². The van der Waals surface area contributed by atoms with Crippen molar-refractivity contribution in [3.63, 3.8) is 0 Å². The maximum absolute atomic E-state index is 12.8. The molecule has 2 amide bonds. The number of aryl methyl sites for hydroxylation is 1. The highest BCUT2D eigenvalue weighted by Gasteiger charge is 2.26. The van der Waals surface area contributed by atoms with Crippen molar-refractivity contribution in [1.82, 2.24) is 4.31 Å². The minimum atomic E-state index is -3.52. The summed E-state index contributed by atoms with van der Waals surface area (Å²) in [5.74, 6) is -0.490. The summed E-state index contributed by atoms with van der Waals surface area (Å²) in [7, 11) is -3.52. The van der Waals surface area contributed by atoms with Crippen LogP contribution in [0.25, 0.3) is 0 Å². The number of nitrogens with one attached hydrogen (secondary N) is 1. The molecule has 0 bridgehead atoms. The molecule has 30 heavy (non-hydrogen) atoms. The van der Waals surface area contributed by atoms with Crippen molar-refractivity contribution in [2.24, 2.45) is 5.73 Å². The Bertz CT molecular complexity index is 1030. The van der Waals surface area contributed by atoms with Gasteiger partial charge in [0.25, 0.3) is 5.91 Å². The number of ether oxygens (including phenoxy) is 1. The molecule has 1 saturated heterocycles. The van der Waals surface area contributed by atoms with E-state index in [4.69, 9.17) is 10.5 Å². The average Bonchev–Trinajstić information content (AvgIpc) is 2.73. The van der Waals surface area contributed by atoms with E-state index in [9.17, 15) is 18.0 Å². The maximum Gasteiger partial charge on any atom is 0.262 e. The van der Waals surface area contributed by atoms with Crippen LogP contribution in [-0.2, 0) is 14.8 Å². The number of amides is 2. The number of primary amides is 1. The van der Waals surface area contributed by atoms with E-state index < -0.39 is 15.9 Å². The number of sulfonamides is 1. The summed E-state index contributed by atoms with van der Waals surface area (Å²) in [5.41, 5.74) is 6.67. The minimum Gasteiger partial charge on any atom is -0.483 e. The Labute approximate surface area is 176 Å². The van der Waals surface area contributed by atoms with Gasteiger partial charge >= 0.3 is 0 Å². The van der Waals surface area contributed by atoms with E-state index in [0.29, 0.717) is 35.7 Å². The van der Waals surface area contributed by atoms with Crippen LogP contribution in [0.1, 0.15) is 35.2 Å². The highest BCUT2D eigenvalue weighted by molar-refractivity contribution is 7.89. The smallest absolute Gasteiger partial charge is 0.262 e. The van der Waals surface area contributed by atoms with Gasteiger partial charge in [-0.1, -0.05) is 6.42 Å². The zero-order valence-electron chi connectivity index (χ0n) is 16.8. The molecule has 0 atom stereocenters. The third kappa shape index (κ3) is 5.17. The predicted octanol–water partition coefficient (Wildman–Crippen LogP) is 2.29. The minimum absolute atomic E-state index is 0.230. The molecule has 0 radical (unpaired) electrons. The molecule has 0 unspecified atom stereocenters. The molecule has 0 saturated carbocycles. The summed E-state index contributed by atoms with van der Waals surface area (Å²) in [4.78, 5) is 23.4. The molecule has 2 aromatic rings. The number of hydrogen-bond acceptors (Lipinski definition) is 5. The summed E-state index contributed by atoms with van der Waals surface area (Å²) >= 11 is 0. The third-order valence-electron chi connectivity index (χ3n) is 4.91. The third-order valence-corrected chi connectivity index (χ3v) is 6.81. The van der Waals surface area contributed by atoms with Crippen LogP contribution < -0.4 is 15.8 Å². The zero-order valence-corrected chi connectivity index (χ0v) is 17.6. The van der Waals surface area contributed by atoms with Gasteiger partial charge in [0.05, 0.1) is 4.90 Å². The highest BCUT2D eigenvalue weighted by Crippen LogP contribution is 2.26. The lowest BCUT2D eigenvalue weighted by Crippen LogP contribution is -2.35. The van der Waals surface area contributed by atoms with Crippen molar-refractivity contribution in [2.75, 3.05) is 25.0 Å². The normalized spacial score (nSPS) is 14.8. The van der Waals surface area contributed by atoms with Gasteiger partial charge in [-0.25, -0.2) is 8.42 Å². The number of hydrogen-bond donors (Lipinski definition) is 2. The monoisotopic (exact) mass is 431 g/mol. The Morgan fingerprint density at radius 2 is 1.73 bits per heavy atom. The average molecular weight is 432 g/mol. The van der Waals surface area contributed by atoms with Crippen LogP contribution in [0.5, 0.6) is 5.75 Å². The number of anilines is 1. The zero-order chi connectivity index (χ0) is 21.7. The second kappa shape index (κ2) is 9.27. The number of nitrogens with zero attached hydrogens (tertiary/aromatic N) is 1. The Kier molecular flexibility index (Phi) is 6.73. The number of piperidine rings is 1. The lowest BCUT2D eigenvalue weighted by Gasteiger charge is -2.26. The van der Waals surface area contributed by atoms with E-state index in [2.05, 4.69) is 5.32 Å². The van der Waals surface area contributed by atoms with E-state index in [1.807, 2.05) is 0 Å². The van der Waals surface area contributed by atoms with Crippen LogP contribution in [0.15, 0.2) is 47.4 Å². The van der Waals surface area contributed by atoms with Crippen LogP contribution in [0.4, 0.5) is 5.69 Å². The summed E-state index contributed by atoms with van der Waals surface area (Å²) < 4.78 is 32.6. The van der Waals surface area contributed by atoms with Gasteiger partial charge in [-0.3, -0.25) is 9.59 Å². The molecule has 1 heterocycles. The van der Waals surface area contributed by atoms with Gasteiger partial charge < -0.3 is 15.8 Å². The fourth-order valence-corrected chi connectivity index (χ4v) is 4.86. The van der Waals surface area contributed by atoms with Crippen molar-refractivity contribution < 1.29 is 22.7 Å². The molecule has 0 spiro atoms. The number of carbonyl (C=O) groups is 2. The number of nitrogens with two attached hydrogens (primary N) is 1. The van der Waals surface area contributed by atoms with Gasteiger partial charge in [-0.05, 0) is 67.8 Å². The molecule has 3 N–H and O–H groups in total. The molecule has 2 aromatic carbocycles. The van der Waals surface area contributed by atoms with Crippen molar-refractivity contribution in [3.8, 4) is 5.75 Å². The molecule has 1 fully saturated rings. The Balaban J connectivity index is 1.60. The van der Waals surface area contributed by atoms with E-state index in [1.165, 1.54) is 22.5 Å². The van der Waals surface area contributed by atoms with Gasteiger partial charge in [0.1, 0.15) is 5.75 Å². The summed E-state index contributed by atoms with van der Waals surface area (Å²) in [5, 5.41) is 2.66. The first-order valence-electron chi connectivity index (χ1n) is 9.71. The van der Waals surface area contributed by atoms with E-state index in [-0.39, 0.29) is 17.4 Å². The number of benzene rings is 2. The first-order valence-corrected chi connectivity index (χ1v) is 11.1. The fraction of sp³-hybridized carbons (Fsp3) is 0.333. The summed E-state index contributed by atoms with van der Waals surface area (Å²) in [6.45, 7) is 2.59. The first-order chi connectivity index (χ1) is 14.3. The van der Waals surface area contributed by atoms with Crippen molar-refractivity contribution in [3.05, 3.63) is 53.6 Å². The van der Waals surface area contributed by atoms with Crippen molar-refractivity contribution in [2.45, 2.75) is 31.1 Å². The second-order valence-electron chi connectivity index (χ2n) is 7.17. The van der Waals surface area contributed by atoms with Crippen LogP contribution in [0, 0.1) is 6.92 Å². The lowest BCUT2D eigenvalue weighted by atomic mass is 10.2. The van der Waals surface area contributed by atoms with E-state index >= 15 is 0 Å². The van der Waals surface area contributed by atoms with E-state index in [1.54, 1.807) is 31.2 Å². The Morgan fingerprint density at radius 3 is 2.33 bits per heavy atom. The summed E-state index contributed by atoms with van der Waals surface area (Å²) in [6, 6.07) is 10.8. The molecule has 1 aliphatic heterocycles. The first kappa shape index (κ1) is 21.8. The van der Waals surface area contributed by atoms with Crippen LogP contribution in [0.2, 0.25) is 0 Å². The van der Waals surface area contributed by atoms with Gasteiger partial charge in [0.2, 0.25) is 15.9 Å². The van der Waals surface area contributed by atoms with Crippen molar-refractivity contribution >= 4 is 27.5 Å².